The van der Waals surface area contributed by atoms with E-state index < -0.39 is 16.1 Å². The lowest BCUT2D eigenvalue weighted by Gasteiger charge is -2.21. The molecular weight excluding hydrogens is 318 g/mol. The molecule has 1 unspecified atom stereocenters. The van der Waals surface area contributed by atoms with Gasteiger partial charge in [0.15, 0.2) is 5.65 Å². The molecule has 124 valence electrons. The van der Waals surface area contributed by atoms with Crippen molar-refractivity contribution >= 4 is 21.6 Å². The molecule has 1 aliphatic rings. The summed E-state index contributed by atoms with van der Waals surface area (Å²) in [5.74, 6) is 0.508. The minimum atomic E-state index is -3.35. The Morgan fingerprint density at radius 2 is 2.22 bits per heavy atom. The first-order valence-electron chi connectivity index (χ1n) is 7.50. The molecule has 0 spiro atoms. The van der Waals surface area contributed by atoms with Crippen molar-refractivity contribution in [2.24, 2.45) is 0 Å². The Hall–Kier alpha value is -2.00. The second-order valence-corrected chi connectivity index (χ2v) is 7.55. The number of hydrogen-bond acceptors (Lipinski definition) is 5. The third-order valence-electron chi connectivity index (χ3n) is 3.96. The first-order valence-corrected chi connectivity index (χ1v) is 9.35. The highest BCUT2D eigenvalue weighted by Gasteiger charge is 2.36. The van der Waals surface area contributed by atoms with Crippen LogP contribution in [-0.2, 0) is 21.2 Å². The Balaban J connectivity index is 1.59. The Bertz CT molecular complexity index is 817. The van der Waals surface area contributed by atoms with Crippen molar-refractivity contribution in [3.63, 3.8) is 0 Å². The number of fused-ring (bicyclic) bond motifs is 1. The predicted molar refractivity (Wildman–Crippen MR) is 84.3 cm³/mol. The Labute approximate surface area is 134 Å². The van der Waals surface area contributed by atoms with Crippen molar-refractivity contribution in [2.75, 3.05) is 19.3 Å². The zero-order valence-electron chi connectivity index (χ0n) is 12.8. The molecule has 1 atom stereocenters. The van der Waals surface area contributed by atoms with Gasteiger partial charge in [-0.2, -0.15) is 4.31 Å². The molecule has 1 saturated heterocycles. The molecule has 3 rings (SSSR count). The van der Waals surface area contributed by atoms with Crippen LogP contribution < -0.4 is 5.32 Å². The fraction of sp³-hybridized carbons (Fsp3) is 0.500. The van der Waals surface area contributed by atoms with E-state index in [4.69, 9.17) is 0 Å². The fourth-order valence-corrected chi connectivity index (χ4v) is 4.00. The van der Waals surface area contributed by atoms with E-state index in [1.54, 1.807) is 0 Å². The van der Waals surface area contributed by atoms with Gasteiger partial charge in [-0.05, 0) is 25.0 Å². The standard InChI is InChI=1S/C14H19N5O3S/c1-23(21,22)19-10-4-5-11(19)14(20)15-8-7-13-17-16-12-6-2-3-9-18(12)13/h2-3,6,9,11H,4-5,7-8,10H2,1H3,(H,15,20). The van der Waals surface area contributed by atoms with Gasteiger partial charge >= 0.3 is 0 Å². The van der Waals surface area contributed by atoms with Gasteiger partial charge in [0.25, 0.3) is 0 Å². The van der Waals surface area contributed by atoms with Crippen LogP contribution in [0.5, 0.6) is 0 Å². The molecule has 2 aromatic heterocycles. The number of nitrogens with zero attached hydrogens (tertiary/aromatic N) is 4. The molecule has 8 nitrogen and oxygen atoms in total. The number of rotatable bonds is 5. The van der Waals surface area contributed by atoms with Crippen LogP contribution >= 0.6 is 0 Å². The molecule has 1 amide bonds. The minimum absolute atomic E-state index is 0.248. The minimum Gasteiger partial charge on any atom is -0.354 e. The summed E-state index contributed by atoms with van der Waals surface area (Å²) in [5, 5.41) is 11.0. The number of pyridine rings is 1. The summed E-state index contributed by atoms with van der Waals surface area (Å²) in [6, 6.07) is 5.04. The molecule has 3 heterocycles. The summed E-state index contributed by atoms with van der Waals surface area (Å²) < 4.78 is 26.5. The molecule has 1 aliphatic heterocycles. The van der Waals surface area contributed by atoms with Crippen LogP contribution in [0.1, 0.15) is 18.7 Å². The first kappa shape index (κ1) is 15.9. The Kier molecular flexibility index (Phi) is 4.31. The van der Waals surface area contributed by atoms with E-state index in [-0.39, 0.29) is 5.91 Å². The second kappa shape index (κ2) is 6.25. The van der Waals surface area contributed by atoms with Gasteiger partial charge in [0, 0.05) is 25.7 Å². The predicted octanol–water partition coefficient (Wildman–Crippen LogP) is -0.188. The van der Waals surface area contributed by atoms with Crippen LogP contribution in [0, 0.1) is 0 Å². The molecule has 0 saturated carbocycles. The largest absolute Gasteiger partial charge is 0.354 e. The number of hydrogen-bond donors (Lipinski definition) is 1. The zero-order valence-corrected chi connectivity index (χ0v) is 13.7. The smallest absolute Gasteiger partial charge is 0.238 e. The van der Waals surface area contributed by atoms with Crippen LogP contribution in [0.15, 0.2) is 24.4 Å². The average Bonchev–Trinajstić information content (AvgIpc) is 3.13. The van der Waals surface area contributed by atoms with Gasteiger partial charge in [-0.15, -0.1) is 10.2 Å². The van der Waals surface area contributed by atoms with Crippen molar-refractivity contribution in [3.05, 3.63) is 30.2 Å². The van der Waals surface area contributed by atoms with Crippen LogP contribution in [0.3, 0.4) is 0 Å². The molecular formula is C14H19N5O3S. The van der Waals surface area contributed by atoms with Crippen molar-refractivity contribution in [2.45, 2.75) is 25.3 Å². The highest BCUT2D eigenvalue weighted by atomic mass is 32.2. The van der Waals surface area contributed by atoms with Gasteiger partial charge in [-0.3, -0.25) is 9.20 Å². The molecule has 9 heteroatoms. The maximum Gasteiger partial charge on any atom is 0.238 e. The highest BCUT2D eigenvalue weighted by Crippen LogP contribution is 2.20. The first-order chi connectivity index (χ1) is 11.0. The van der Waals surface area contributed by atoms with E-state index in [9.17, 15) is 13.2 Å². The summed E-state index contributed by atoms with van der Waals surface area (Å²) in [5.41, 5.74) is 0.757. The maximum atomic E-state index is 12.2. The number of carbonyl (C=O) groups is 1. The maximum absolute atomic E-state index is 12.2. The normalized spacial score (nSPS) is 19.3. The SMILES string of the molecule is CS(=O)(=O)N1CCCC1C(=O)NCCc1nnc2ccccn12. The van der Waals surface area contributed by atoms with E-state index in [1.165, 1.54) is 4.31 Å². The van der Waals surface area contributed by atoms with Crippen LogP contribution in [0.4, 0.5) is 0 Å². The zero-order chi connectivity index (χ0) is 16.4. The fourth-order valence-electron chi connectivity index (χ4n) is 2.88. The molecule has 1 fully saturated rings. The van der Waals surface area contributed by atoms with Gasteiger partial charge < -0.3 is 5.32 Å². The lowest BCUT2D eigenvalue weighted by atomic mass is 10.2. The van der Waals surface area contributed by atoms with Crippen LogP contribution in [0.2, 0.25) is 0 Å². The van der Waals surface area contributed by atoms with Crippen LogP contribution in [0.25, 0.3) is 5.65 Å². The summed E-state index contributed by atoms with van der Waals surface area (Å²) >= 11 is 0. The molecule has 0 aliphatic carbocycles. The molecule has 0 aromatic carbocycles. The number of carbonyl (C=O) groups excluding carboxylic acids is 1. The summed E-state index contributed by atoms with van der Waals surface area (Å²) in [4.78, 5) is 12.2. The van der Waals surface area contributed by atoms with Crippen molar-refractivity contribution in [1.29, 1.82) is 0 Å². The summed E-state index contributed by atoms with van der Waals surface area (Å²) in [6.07, 6.45) is 4.81. The van der Waals surface area contributed by atoms with Crippen molar-refractivity contribution in [1.82, 2.24) is 24.2 Å². The number of amides is 1. The van der Waals surface area contributed by atoms with Gasteiger partial charge in [0.1, 0.15) is 11.9 Å². The molecule has 1 N–H and O–H groups in total. The van der Waals surface area contributed by atoms with Crippen molar-refractivity contribution in [3.8, 4) is 0 Å². The molecule has 0 radical (unpaired) electrons. The van der Waals surface area contributed by atoms with Gasteiger partial charge in [0.05, 0.1) is 6.26 Å². The molecule has 2 aromatic rings. The third kappa shape index (κ3) is 3.35. The van der Waals surface area contributed by atoms with Gasteiger partial charge in [0.2, 0.25) is 15.9 Å². The quantitative estimate of drug-likeness (QED) is 0.816. The Morgan fingerprint density at radius 1 is 1.39 bits per heavy atom. The number of nitrogens with one attached hydrogen (secondary N) is 1. The summed E-state index contributed by atoms with van der Waals surface area (Å²) in [6.45, 7) is 0.800. The van der Waals surface area contributed by atoms with E-state index in [1.807, 2.05) is 28.8 Å². The number of aromatic nitrogens is 3. The molecule has 23 heavy (non-hydrogen) atoms. The van der Waals surface area contributed by atoms with E-state index in [2.05, 4.69) is 15.5 Å². The monoisotopic (exact) mass is 337 g/mol. The summed E-state index contributed by atoms with van der Waals surface area (Å²) in [7, 11) is -3.35. The lowest BCUT2D eigenvalue weighted by Crippen LogP contribution is -2.46. The van der Waals surface area contributed by atoms with Gasteiger partial charge in [-0.1, -0.05) is 6.07 Å². The van der Waals surface area contributed by atoms with Gasteiger partial charge in [-0.25, -0.2) is 8.42 Å². The van der Waals surface area contributed by atoms with E-state index >= 15 is 0 Å². The van der Waals surface area contributed by atoms with Crippen LogP contribution in [-0.4, -0.2) is 58.6 Å². The lowest BCUT2D eigenvalue weighted by molar-refractivity contribution is -0.124. The second-order valence-electron chi connectivity index (χ2n) is 5.62. The number of sulfonamides is 1. The van der Waals surface area contributed by atoms with E-state index in [0.29, 0.717) is 32.4 Å². The van der Waals surface area contributed by atoms with Crippen molar-refractivity contribution < 1.29 is 13.2 Å². The van der Waals surface area contributed by atoms with E-state index in [0.717, 1.165) is 17.7 Å². The highest BCUT2D eigenvalue weighted by molar-refractivity contribution is 7.88. The molecule has 0 bridgehead atoms. The average molecular weight is 337 g/mol. The Morgan fingerprint density at radius 3 is 3.00 bits per heavy atom. The third-order valence-corrected chi connectivity index (χ3v) is 5.25. The topological polar surface area (TPSA) is 96.7 Å².